The third-order valence-corrected chi connectivity index (χ3v) is 4.17. The van der Waals surface area contributed by atoms with E-state index in [0.717, 1.165) is 10.6 Å². The first-order valence-corrected chi connectivity index (χ1v) is 8.11. The number of nitrogens with one attached hydrogen (secondary N) is 1. The molecule has 0 aliphatic rings. The Hall–Kier alpha value is -2.34. The van der Waals surface area contributed by atoms with Crippen molar-refractivity contribution in [3.63, 3.8) is 0 Å². The van der Waals surface area contributed by atoms with E-state index in [-0.39, 0.29) is 5.91 Å². The summed E-state index contributed by atoms with van der Waals surface area (Å²) >= 11 is 1.62. The summed E-state index contributed by atoms with van der Waals surface area (Å²) in [5, 5.41) is 2.86. The number of nitrogen functional groups attached to an aromatic ring is 1. The number of nitrogens with two attached hydrogens (primary N) is 1. The second kappa shape index (κ2) is 8.33. The molecule has 0 saturated heterocycles. The van der Waals surface area contributed by atoms with Crippen LogP contribution >= 0.6 is 11.8 Å². The smallest absolute Gasteiger partial charge is 0.225 e. The van der Waals surface area contributed by atoms with Crippen LogP contribution in [0.25, 0.3) is 0 Å². The number of carbonyl (C=O) groups is 1. The number of hydrogen-bond acceptors (Lipinski definition) is 5. The van der Waals surface area contributed by atoms with Crippen molar-refractivity contribution in [3.05, 3.63) is 42.5 Å². The van der Waals surface area contributed by atoms with Crippen LogP contribution in [0.4, 0.5) is 11.4 Å². The highest BCUT2D eigenvalue weighted by Gasteiger charge is 2.09. The summed E-state index contributed by atoms with van der Waals surface area (Å²) in [6.07, 6.45) is 0.407. The first-order chi connectivity index (χ1) is 11.1. The average Bonchev–Trinajstić information content (AvgIpc) is 2.57. The molecule has 0 aliphatic carbocycles. The zero-order valence-corrected chi connectivity index (χ0v) is 14.0. The van der Waals surface area contributed by atoms with Crippen LogP contribution in [0.5, 0.6) is 11.5 Å². The van der Waals surface area contributed by atoms with Gasteiger partial charge in [-0.15, -0.1) is 11.8 Å². The Bertz CT molecular complexity index is 659. The lowest BCUT2D eigenvalue weighted by molar-refractivity contribution is -0.115. The van der Waals surface area contributed by atoms with E-state index in [1.54, 1.807) is 44.2 Å². The minimum Gasteiger partial charge on any atom is -0.497 e. The number of benzene rings is 2. The van der Waals surface area contributed by atoms with Crippen molar-refractivity contribution in [1.29, 1.82) is 0 Å². The maximum atomic E-state index is 12.0. The van der Waals surface area contributed by atoms with Crippen LogP contribution < -0.4 is 20.5 Å². The maximum absolute atomic E-state index is 12.0. The number of rotatable bonds is 7. The van der Waals surface area contributed by atoms with E-state index in [4.69, 9.17) is 15.2 Å². The molecule has 6 heteroatoms. The molecule has 0 aromatic heterocycles. The van der Waals surface area contributed by atoms with Gasteiger partial charge in [0.1, 0.15) is 11.5 Å². The van der Waals surface area contributed by atoms with Gasteiger partial charge in [0.05, 0.1) is 19.9 Å². The molecule has 3 N–H and O–H groups in total. The summed E-state index contributed by atoms with van der Waals surface area (Å²) in [4.78, 5) is 13.1. The van der Waals surface area contributed by atoms with Crippen molar-refractivity contribution >= 4 is 29.0 Å². The molecule has 0 fully saturated rings. The zero-order valence-electron chi connectivity index (χ0n) is 13.2. The fourth-order valence-corrected chi connectivity index (χ4v) is 2.79. The van der Waals surface area contributed by atoms with E-state index in [9.17, 15) is 4.79 Å². The molecule has 0 atom stereocenters. The molecule has 5 nitrogen and oxygen atoms in total. The second-order valence-electron chi connectivity index (χ2n) is 4.78. The molecule has 0 unspecified atom stereocenters. The number of methoxy groups -OCH3 is 2. The Morgan fingerprint density at radius 1 is 1.13 bits per heavy atom. The van der Waals surface area contributed by atoms with Crippen LogP contribution in [0, 0.1) is 0 Å². The van der Waals surface area contributed by atoms with Gasteiger partial charge in [-0.05, 0) is 36.4 Å². The van der Waals surface area contributed by atoms with Gasteiger partial charge in [0, 0.05) is 28.8 Å². The van der Waals surface area contributed by atoms with E-state index >= 15 is 0 Å². The van der Waals surface area contributed by atoms with Gasteiger partial charge in [0.25, 0.3) is 0 Å². The van der Waals surface area contributed by atoms with Crippen LogP contribution in [0.2, 0.25) is 0 Å². The van der Waals surface area contributed by atoms with Crippen molar-refractivity contribution in [2.75, 3.05) is 31.0 Å². The van der Waals surface area contributed by atoms with Crippen LogP contribution in [0.15, 0.2) is 47.4 Å². The van der Waals surface area contributed by atoms with Gasteiger partial charge < -0.3 is 20.5 Å². The molecule has 0 radical (unpaired) electrons. The molecule has 122 valence electrons. The topological polar surface area (TPSA) is 73.6 Å². The Balaban J connectivity index is 1.86. The minimum absolute atomic E-state index is 0.0589. The Labute approximate surface area is 140 Å². The normalized spacial score (nSPS) is 10.2. The molecule has 2 aromatic carbocycles. The van der Waals surface area contributed by atoms with E-state index in [1.165, 1.54) is 0 Å². The third kappa shape index (κ3) is 5.10. The molecule has 0 saturated carbocycles. The number of carbonyl (C=O) groups excluding carboxylic acids is 1. The lowest BCUT2D eigenvalue weighted by Crippen LogP contribution is -2.13. The van der Waals surface area contributed by atoms with E-state index in [2.05, 4.69) is 5.32 Å². The fraction of sp³-hybridized carbons (Fsp3) is 0.235. The molecule has 2 rings (SSSR count). The van der Waals surface area contributed by atoms with Gasteiger partial charge in [0.15, 0.2) is 0 Å². The van der Waals surface area contributed by atoms with Crippen molar-refractivity contribution in [3.8, 4) is 11.5 Å². The van der Waals surface area contributed by atoms with Gasteiger partial charge in [-0.25, -0.2) is 0 Å². The number of amides is 1. The lowest BCUT2D eigenvalue weighted by Gasteiger charge is -2.11. The summed E-state index contributed by atoms with van der Waals surface area (Å²) in [5.74, 6) is 1.88. The van der Waals surface area contributed by atoms with E-state index in [0.29, 0.717) is 29.4 Å². The first-order valence-electron chi connectivity index (χ1n) is 7.12. The first kappa shape index (κ1) is 17.0. The summed E-state index contributed by atoms with van der Waals surface area (Å²) in [6, 6.07) is 12.9. The largest absolute Gasteiger partial charge is 0.497 e. The van der Waals surface area contributed by atoms with Crippen LogP contribution in [0.1, 0.15) is 6.42 Å². The monoisotopic (exact) mass is 332 g/mol. The second-order valence-corrected chi connectivity index (χ2v) is 5.95. The molecule has 1 amide bonds. The molecule has 2 aromatic rings. The Kier molecular flexibility index (Phi) is 6.17. The molecule has 0 bridgehead atoms. The van der Waals surface area contributed by atoms with Crippen LogP contribution in [-0.4, -0.2) is 25.9 Å². The molecule has 0 aliphatic heterocycles. The van der Waals surface area contributed by atoms with Gasteiger partial charge in [-0.3, -0.25) is 4.79 Å². The van der Waals surface area contributed by atoms with Crippen molar-refractivity contribution < 1.29 is 14.3 Å². The highest BCUT2D eigenvalue weighted by molar-refractivity contribution is 7.99. The van der Waals surface area contributed by atoms with Crippen LogP contribution in [0.3, 0.4) is 0 Å². The lowest BCUT2D eigenvalue weighted by atomic mass is 10.2. The number of anilines is 2. The summed E-state index contributed by atoms with van der Waals surface area (Å²) < 4.78 is 10.4. The predicted molar refractivity (Wildman–Crippen MR) is 94.4 cm³/mol. The predicted octanol–water partition coefficient (Wildman–Crippen LogP) is 3.41. The minimum atomic E-state index is -0.0589. The van der Waals surface area contributed by atoms with Gasteiger partial charge in [-0.2, -0.15) is 0 Å². The SMILES string of the molecule is COc1ccc(NC(=O)CCSc2ccc(N)cc2)c(OC)c1. The van der Waals surface area contributed by atoms with Crippen molar-refractivity contribution in [1.82, 2.24) is 0 Å². The van der Waals surface area contributed by atoms with Crippen LogP contribution in [-0.2, 0) is 4.79 Å². The van der Waals surface area contributed by atoms with Gasteiger partial charge in [0.2, 0.25) is 5.91 Å². The quantitative estimate of drug-likeness (QED) is 0.600. The summed E-state index contributed by atoms with van der Waals surface area (Å²) in [6.45, 7) is 0. The van der Waals surface area contributed by atoms with Crippen molar-refractivity contribution in [2.45, 2.75) is 11.3 Å². The fourth-order valence-electron chi connectivity index (χ4n) is 1.94. The zero-order chi connectivity index (χ0) is 16.7. The van der Waals surface area contributed by atoms with Crippen molar-refractivity contribution in [2.24, 2.45) is 0 Å². The summed E-state index contributed by atoms with van der Waals surface area (Å²) in [5.41, 5.74) is 7.01. The summed E-state index contributed by atoms with van der Waals surface area (Å²) in [7, 11) is 3.14. The molecule has 23 heavy (non-hydrogen) atoms. The Morgan fingerprint density at radius 2 is 1.87 bits per heavy atom. The number of thioether (sulfide) groups is 1. The molecule has 0 heterocycles. The van der Waals surface area contributed by atoms with E-state index < -0.39 is 0 Å². The van der Waals surface area contributed by atoms with Gasteiger partial charge >= 0.3 is 0 Å². The van der Waals surface area contributed by atoms with Gasteiger partial charge in [-0.1, -0.05) is 0 Å². The number of ether oxygens (including phenoxy) is 2. The standard InChI is InChI=1S/C17H20N2O3S/c1-21-13-5-8-15(16(11-13)22-2)19-17(20)9-10-23-14-6-3-12(18)4-7-14/h3-8,11H,9-10,18H2,1-2H3,(H,19,20). The van der Waals surface area contributed by atoms with E-state index in [1.807, 2.05) is 24.3 Å². The third-order valence-electron chi connectivity index (χ3n) is 3.16. The highest BCUT2D eigenvalue weighted by atomic mass is 32.2. The highest BCUT2D eigenvalue weighted by Crippen LogP contribution is 2.29. The average molecular weight is 332 g/mol. The maximum Gasteiger partial charge on any atom is 0.225 e. The molecular formula is C17H20N2O3S. The number of hydrogen-bond donors (Lipinski definition) is 2. The molecule has 0 spiro atoms. The Morgan fingerprint density at radius 3 is 2.52 bits per heavy atom. The molecular weight excluding hydrogens is 312 g/mol.